The van der Waals surface area contributed by atoms with Gasteiger partial charge in [0.15, 0.2) is 0 Å². The summed E-state index contributed by atoms with van der Waals surface area (Å²) in [6.45, 7) is 0.573. The molecule has 0 saturated heterocycles. The smallest absolute Gasteiger partial charge is 0.305 e. The predicted molar refractivity (Wildman–Crippen MR) is 102 cm³/mol. The minimum atomic E-state index is -0.185. The fourth-order valence-electron chi connectivity index (χ4n) is 2.25. The van der Waals surface area contributed by atoms with E-state index in [1.165, 1.54) is 7.11 Å². The number of rotatable bonds is 8. The van der Waals surface area contributed by atoms with E-state index in [1.807, 2.05) is 48.5 Å². The summed E-state index contributed by atoms with van der Waals surface area (Å²) in [5.74, 6) is 0.685. The van der Waals surface area contributed by atoms with Crippen molar-refractivity contribution in [3.05, 3.63) is 54.1 Å². The van der Waals surface area contributed by atoms with E-state index in [2.05, 4.69) is 4.74 Å². The van der Waals surface area contributed by atoms with Crippen molar-refractivity contribution in [1.29, 1.82) is 5.41 Å². The molecular weight excluding hydrogens is 340 g/mol. The first-order valence-electron chi connectivity index (χ1n) is 7.84. The molecule has 0 saturated carbocycles. The zero-order valence-electron chi connectivity index (χ0n) is 14.2. The fourth-order valence-corrected chi connectivity index (χ4v) is 2.25. The highest BCUT2D eigenvalue weighted by atomic mass is 35.5. The van der Waals surface area contributed by atoms with Crippen LogP contribution in [-0.4, -0.2) is 25.5 Å². The highest BCUT2D eigenvalue weighted by Gasteiger charge is 2.02. The SMILES string of the molecule is COC(=O)CCCCOc1ccc(-c2ccc(C(=N)N)cc2)cc1.Cl. The number of esters is 1. The Morgan fingerprint density at radius 2 is 1.56 bits per heavy atom. The van der Waals surface area contributed by atoms with Crippen molar-refractivity contribution in [1.82, 2.24) is 0 Å². The predicted octanol–water partition coefficient (Wildman–Crippen LogP) is 3.78. The molecule has 25 heavy (non-hydrogen) atoms. The Bertz CT molecular complexity index is 685. The lowest BCUT2D eigenvalue weighted by atomic mass is 10.0. The lowest BCUT2D eigenvalue weighted by Gasteiger charge is -2.08. The normalized spacial score (nSPS) is 9.80. The lowest BCUT2D eigenvalue weighted by molar-refractivity contribution is -0.140. The Labute approximate surface area is 154 Å². The molecule has 0 heterocycles. The zero-order chi connectivity index (χ0) is 17.4. The number of nitrogens with two attached hydrogens (primary N) is 1. The molecule has 0 unspecified atom stereocenters. The molecule has 2 aromatic carbocycles. The number of hydrogen-bond acceptors (Lipinski definition) is 4. The monoisotopic (exact) mass is 362 g/mol. The number of hydrogen-bond donors (Lipinski definition) is 2. The largest absolute Gasteiger partial charge is 0.494 e. The van der Waals surface area contributed by atoms with Gasteiger partial charge in [-0.05, 0) is 36.1 Å². The van der Waals surface area contributed by atoms with E-state index in [4.69, 9.17) is 15.9 Å². The van der Waals surface area contributed by atoms with Gasteiger partial charge in [0.2, 0.25) is 0 Å². The number of unbranched alkanes of at least 4 members (excludes halogenated alkanes) is 1. The first-order valence-corrected chi connectivity index (χ1v) is 7.84. The molecular formula is C19H23ClN2O3. The Kier molecular flexibility index (Phi) is 8.50. The molecule has 2 rings (SSSR count). The van der Waals surface area contributed by atoms with Gasteiger partial charge in [0.25, 0.3) is 0 Å². The summed E-state index contributed by atoms with van der Waals surface area (Å²) >= 11 is 0. The number of ether oxygens (including phenoxy) is 2. The van der Waals surface area contributed by atoms with Crippen molar-refractivity contribution in [3.63, 3.8) is 0 Å². The summed E-state index contributed by atoms with van der Waals surface area (Å²) < 4.78 is 10.3. The van der Waals surface area contributed by atoms with Crippen molar-refractivity contribution < 1.29 is 14.3 Å². The van der Waals surface area contributed by atoms with Crippen molar-refractivity contribution in [2.75, 3.05) is 13.7 Å². The Morgan fingerprint density at radius 1 is 1.00 bits per heavy atom. The van der Waals surface area contributed by atoms with Gasteiger partial charge in [0.1, 0.15) is 11.6 Å². The molecule has 2 aromatic rings. The molecule has 3 N–H and O–H groups in total. The Balaban J connectivity index is 0.00000312. The quantitative estimate of drug-likeness (QED) is 0.324. The fraction of sp³-hybridized carbons (Fsp3) is 0.263. The molecule has 0 spiro atoms. The number of carbonyl (C=O) groups is 1. The van der Waals surface area contributed by atoms with Crippen LogP contribution in [0.1, 0.15) is 24.8 Å². The molecule has 6 heteroatoms. The summed E-state index contributed by atoms with van der Waals surface area (Å²) in [6, 6.07) is 15.4. The minimum Gasteiger partial charge on any atom is -0.494 e. The van der Waals surface area contributed by atoms with E-state index in [0.29, 0.717) is 18.6 Å². The van der Waals surface area contributed by atoms with E-state index in [0.717, 1.165) is 29.7 Å². The average molecular weight is 363 g/mol. The molecule has 0 aliphatic heterocycles. The molecule has 0 aromatic heterocycles. The van der Waals surface area contributed by atoms with E-state index >= 15 is 0 Å². The van der Waals surface area contributed by atoms with Gasteiger partial charge in [-0.3, -0.25) is 10.2 Å². The van der Waals surface area contributed by atoms with Crippen molar-refractivity contribution >= 4 is 24.2 Å². The van der Waals surface area contributed by atoms with Gasteiger partial charge < -0.3 is 15.2 Å². The lowest BCUT2D eigenvalue weighted by Crippen LogP contribution is -2.10. The van der Waals surface area contributed by atoms with E-state index in [-0.39, 0.29) is 24.2 Å². The van der Waals surface area contributed by atoms with Crippen LogP contribution in [0.4, 0.5) is 0 Å². The number of carbonyl (C=O) groups excluding carboxylic acids is 1. The van der Waals surface area contributed by atoms with Gasteiger partial charge in [0, 0.05) is 12.0 Å². The van der Waals surface area contributed by atoms with Gasteiger partial charge in [-0.2, -0.15) is 0 Å². The first-order chi connectivity index (χ1) is 11.6. The molecule has 0 atom stereocenters. The van der Waals surface area contributed by atoms with Crippen LogP contribution in [0.3, 0.4) is 0 Å². The van der Waals surface area contributed by atoms with Gasteiger partial charge in [-0.1, -0.05) is 36.4 Å². The van der Waals surface area contributed by atoms with Crippen LogP contribution < -0.4 is 10.5 Å². The second-order valence-electron chi connectivity index (χ2n) is 5.40. The average Bonchev–Trinajstić information content (AvgIpc) is 2.62. The van der Waals surface area contributed by atoms with Gasteiger partial charge in [0.05, 0.1) is 13.7 Å². The maximum Gasteiger partial charge on any atom is 0.305 e. The molecule has 0 aliphatic rings. The summed E-state index contributed by atoms with van der Waals surface area (Å²) in [4.78, 5) is 11.0. The number of nitrogens with one attached hydrogen (secondary N) is 1. The third-order valence-corrected chi connectivity index (χ3v) is 3.66. The van der Waals surface area contributed by atoms with Gasteiger partial charge >= 0.3 is 5.97 Å². The molecule has 0 radical (unpaired) electrons. The standard InChI is InChI=1S/C19H22N2O3.ClH/c1-23-18(22)4-2-3-13-24-17-11-9-15(10-12-17)14-5-7-16(8-6-14)19(20)21;/h5-12H,2-4,13H2,1H3,(H3,20,21);1H. The molecule has 0 aliphatic carbocycles. The van der Waals surface area contributed by atoms with Crippen LogP contribution in [0.15, 0.2) is 48.5 Å². The van der Waals surface area contributed by atoms with Crippen LogP contribution in [0, 0.1) is 5.41 Å². The van der Waals surface area contributed by atoms with E-state index < -0.39 is 0 Å². The van der Waals surface area contributed by atoms with Crippen molar-refractivity contribution in [3.8, 4) is 16.9 Å². The summed E-state index contributed by atoms with van der Waals surface area (Å²) in [5.41, 5.74) is 8.30. The second kappa shape index (κ2) is 10.4. The number of nitrogen functional groups attached to an aromatic ring is 1. The van der Waals surface area contributed by atoms with Crippen LogP contribution in [0.5, 0.6) is 5.75 Å². The van der Waals surface area contributed by atoms with Gasteiger partial charge in [-0.25, -0.2) is 0 Å². The number of halogens is 1. The van der Waals surface area contributed by atoms with Crippen LogP contribution in [0.2, 0.25) is 0 Å². The van der Waals surface area contributed by atoms with Crippen LogP contribution >= 0.6 is 12.4 Å². The highest BCUT2D eigenvalue weighted by molar-refractivity contribution is 5.95. The summed E-state index contributed by atoms with van der Waals surface area (Å²) in [7, 11) is 1.40. The van der Waals surface area contributed by atoms with Gasteiger partial charge in [-0.15, -0.1) is 12.4 Å². The summed E-state index contributed by atoms with van der Waals surface area (Å²) in [5, 5.41) is 7.40. The van der Waals surface area contributed by atoms with Crippen molar-refractivity contribution in [2.45, 2.75) is 19.3 Å². The maximum absolute atomic E-state index is 11.0. The van der Waals surface area contributed by atoms with Crippen molar-refractivity contribution in [2.24, 2.45) is 5.73 Å². The Hall–Kier alpha value is -2.53. The maximum atomic E-state index is 11.0. The Morgan fingerprint density at radius 3 is 2.08 bits per heavy atom. The van der Waals surface area contributed by atoms with E-state index in [9.17, 15) is 4.79 Å². The highest BCUT2D eigenvalue weighted by Crippen LogP contribution is 2.23. The number of methoxy groups -OCH3 is 1. The third kappa shape index (κ3) is 6.47. The van der Waals surface area contributed by atoms with E-state index in [1.54, 1.807) is 0 Å². The molecule has 5 nitrogen and oxygen atoms in total. The summed E-state index contributed by atoms with van der Waals surface area (Å²) in [6.07, 6.45) is 1.99. The van der Waals surface area contributed by atoms with Crippen LogP contribution in [-0.2, 0) is 9.53 Å². The molecule has 0 amide bonds. The topological polar surface area (TPSA) is 85.4 Å². The van der Waals surface area contributed by atoms with Crippen LogP contribution in [0.25, 0.3) is 11.1 Å². The zero-order valence-corrected chi connectivity index (χ0v) is 15.0. The molecule has 0 fully saturated rings. The minimum absolute atomic E-state index is 0. The number of benzene rings is 2. The third-order valence-electron chi connectivity index (χ3n) is 3.66. The number of amidine groups is 1. The molecule has 0 bridgehead atoms. The first kappa shape index (κ1) is 20.5. The second-order valence-corrected chi connectivity index (χ2v) is 5.40. The molecule has 134 valence electrons.